The minimum atomic E-state index is -0.676. The van der Waals surface area contributed by atoms with Gasteiger partial charge in [-0.15, -0.1) is 0 Å². The van der Waals surface area contributed by atoms with E-state index in [2.05, 4.69) is 22.8 Å². The molecule has 1 heterocycles. The molecule has 5 heteroatoms. The number of benzene rings is 2. The van der Waals surface area contributed by atoms with E-state index in [9.17, 15) is 9.90 Å². The first-order valence-electron chi connectivity index (χ1n) is 7.42. The molecule has 0 saturated heterocycles. The first kappa shape index (κ1) is 15.5. The molecule has 3 aromatic rings. The second-order valence-corrected chi connectivity index (χ2v) is 6.05. The molecule has 0 bridgehead atoms. The van der Waals surface area contributed by atoms with Crippen molar-refractivity contribution in [1.82, 2.24) is 10.6 Å². The van der Waals surface area contributed by atoms with Crippen LogP contribution in [0.5, 0.6) is 0 Å². The van der Waals surface area contributed by atoms with E-state index in [1.165, 1.54) is 11.3 Å². The highest BCUT2D eigenvalue weighted by molar-refractivity contribution is 7.07. The number of fused-ring (bicyclic) bond motifs is 1. The van der Waals surface area contributed by atoms with E-state index in [4.69, 9.17) is 0 Å². The van der Waals surface area contributed by atoms with Gasteiger partial charge in [0, 0.05) is 13.1 Å². The number of nitrogens with one attached hydrogen (secondary N) is 2. The summed E-state index contributed by atoms with van der Waals surface area (Å²) in [7, 11) is 0. The van der Waals surface area contributed by atoms with Gasteiger partial charge in [0.05, 0.1) is 6.10 Å². The van der Waals surface area contributed by atoms with Gasteiger partial charge in [-0.2, -0.15) is 11.3 Å². The number of hydrogen-bond donors (Lipinski definition) is 3. The molecule has 1 aromatic heterocycles. The van der Waals surface area contributed by atoms with Gasteiger partial charge in [-0.1, -0.05) is 42.5 Å². The standard InChI is InChI=1S/C18H18N2O2S/c21-17(15-8-9-23-12-15)11-20-18(22)19-10-14-6-3-5-13-4-1-2-7-16(13)14/h1-9,12,17,21H,10-11H2,(H2,19,20,22). The molecule has 0 aliphatic heterocycles. The molecule has 118 valence electrons. The lowest BCUT2D eigenvalue weighted by molar-refractivity contribution is 0.173. The number of rotatable bonds is 5. The monoisotopic (exact) mass is 326 g/mol. The summed E-state index contributed by atoms with van der Waals surface area (Å²) in [5, 5.41) is 21.5. The summed E-state index contributed by atoms with van der Waals surface area (Å²) in [6.07, 6.45) is -0.676. The highest BCUT2D eigenvalue weighted by Gasteiger charge is 2.09. The molecule has 1 atom stereocenters. The molecule has 4 nitrogen and oxygen atoms in total. The second-order valence-electron chi connectivity index (χ2n) is 5.27. The minimum Gasteiger partial charge on any atom is -0.387 e. The van der Waals surface area contributed by atoms with Crippen molar-refractivity contribution in [1.29, 1.82) is 0 Å². The number of urea groups is 1. The van der Waals surface area contributed by atoms with Gasteiger partial charge < -0.3 is 15.7 Å². The van der Waals surface area contributed by atoms with Crippen LogP contribution in [0, 0.1) is 0 Å². The van der Waals surface area contributed by atoms with Crippen molar-refractivity contribution in [2.24, 2.45) is 0 Å². The lowest BCUT2D eigenvalue weighted by Gasteiger charge is -2.12. The van der Waals surface area contributed by atoms with Gasteiger partial charge in [0.1, 0.15) is 0 Å². The third-order valence-electron chi connectivity index (χ3n) is 3.70. The predicted octanol–water partition coefficient (Wildman–Crippen LogP) is 3.43. The average Bonchev–Trinajstić information content (AvgIpc) is 3.12. The maximum Gasteiger partial charge on any atom is 0.315 e. The molecule has 3 rings (SSSR count). The molecule has 0 fully saturated rings. The Labute approximate surface area is 138 Å². The predicted molar refractivity (Wildman–Crippen MR) is 93.5 cm³/mol. The molecule has 23 heavy (non-hydrogen) atoms. The van der Waals surface area contributed by atoms with Gasteiger partial charge >= 0.3 is 6.03 Å². The molecule has 0 aliphatic rings. The number of amides is 2. The summed E-state index contributed by atoms with van der Waals surface area (Å²) in [6.45, 7) is 0.639. The Balaban J connectivity index is 1.54. The van der Waals surface area contributed by atoms with Crippen molar-refractivity contribution in [3.8, 4) is 0 Å². The zero-order chi connectivity index (χ0) is 16.1. The van der Waals surface area contributed by atoms with Gasteiger partial charge in [0.25, 0.3) is 0 Å². The number of carbonyl (C=O) groups is 1. The highest BCUT2D eigenvalue weighted by Crippen LogP contribution is 2.18. The molecule has 2 amide bonds. The normalized spacial score (nSPS) is 12.0. The summed E-state index contributed by atoms with van der Waals surface area (Å²) < 4.78 is 0. The third-order valence-corrected chi connectivity index (χ3v) is 4.40. The zero-order valence-corrected chi connectivity index (χ0v) is 13.3. The summed E-state index contributed by atoms with van der Waals surface area (Å²) in [5.74, 6) is 0. The van der Waals surface area contributed by atoms with Gasteiger partial charge in [0.15, 0.2) is 0 Å². The van der Waals surface area contributed by atoms with Gasteiger partial charge in [-0.25, -0.2) is 4.79 Å². The van der Waals surface area contributed by atoms with Crippen LogP contribution in [0.3, 0.4) is 0 Å². The number of aliphatic hydroxyl groups excluding tert-OH is 1. The van der Waals surface area contributed by atoms with E-state index in [1.54, 1.807) is 0 Å². The number of carbonyl (C=O) groups excluding carboxylic acids is 1. The van der Waals surface area contributed by atoms with E-state index >= 15 is 0 Å². The Morgan fingerprint density at radius 3 is 2.74 bits per heavy atom. The van der Waals surface area contributed by atoms with Crippen molar-refractivity contribution in [2.45, 2.75) is 12.6 Å². The largest absolute Gasteiger partial charge is 0.387 e. The molecule has 1 unspecified atom stereocenters. The average molecular weight is 326 g/mol. The summed E-state index contributed by atoms with van der Waals surface area (Å²) in [6, 6.07) is 15.7. The Kier molecular flexibility index (Phi) is 4.90. The number of aliphatic hydroxyl groups is 1. The van der Waals surface area contributed by atoms with Crippen LogP contribution in [0.25, 0.3) is 10.8 Å². The van der Waals surface area contributed by atoms with E-state index in [0.29, 0.717) is 6.54 Å². The molecular weight excluding hydrogens is 308 g/mol. The molecule has 0 radical (unpaired) electrons. The van der Waals surface area contributed by atoms with E-state index in [-0.39, 0.29) is 12.6 Å². The number of hydrogen-bond acceptors (Lipinski definition) is 3. The molecular formula is C18H18N2O2S. The SMILES string of the molecule is O=C(NCc1cccc2ccccc12)NCC(O)c1ccsc1. The van der Waals surface area contributed by atoms with Crippen LogP contribution in [0.1, 0.15) is 17.2 Å². The van der Waals surface area contributed by atoms with E-state index in [0.717, 1.165) is 21.9 Å². The highest BCUT2D eigenvalue weighted by atomic mass is 32.1. The van der Waals surface area contributed by atoms with Crippen LogP contribution >= 0.6 is 11.3 Å². The van der Waals surface area contributed by atoms with Crippen LogP contribution < -0.4 is 10.6 Å². The van der Waals surface area contributed by atoms with Crippen LogP contribution in [0.4, 0.5) is 4.79 Å². The van der Waals surface area contributed by atoms with E-state index < -0.39 is 6.10 Å². The van der Waals surface area contributed by atoms with Gasteiger partial charge in [0.2, 0.25) is 0 Å². The van der Waals surface area contributed by atoms with E-state index in [1.807, 2.05) is 47.2 Å². The minimum absolute atomic E-state index is 0.193. The lowest BCUT2D eigenvalue weighted by atomic mass is 10.0. The van der Waals surface area contributed by atoms with Crippen LogP contribution in [-0.4, -0.2) is 17.7 Å². The summed E-state index contributed by atoms with van der Waals surface area (Å²) in [4.78, 5) is 11.9. The lowest BCUT2D eigenvalue weighted by Crippen LogP contribution is -2.37. The van der Waals surface area contributed by atoms with Crippen molar-refractivity contribution in [3.63, 3.8) is 0 Å². The fraction of sp³-hybridized carbons (Fsp3) is 0.167. The summed E-state index contributed by atoms with van der Waals surface area (Å²) in [5.41, 5.74) is 1.89. The first-order chi connectivity index (χ1) is 11.2. The van der Waals surface area contributed by atoms with Crippen molar-refractivity contribution in [2.75, 3.05) is 6.54 Å². The van der Waals surface area contributed by atoms with Gasteiger partial charge in [-0.05, 0) is 38.7 Å². The van der Waals surface area contributed by atoms with Crippen LogP contribution in [0.15, 0.2) is 59.3 Å². The van der Waals surface area contributed by atoms with Crippen molar-refractivity contribution in [3.05, 3.63) is 70.4 Å². The molecule has 0 aliphatic carbocycles. The van der Waals surface area contributed by atoms with Crippen molar-refractivity contribution < 1.29 is 9.90 Å². The fourth-order valence-corrected chi connectivity index (χ4v) is 3.16. The molecule has 0 saturated carbocycles. The third kappa shape index (κ3) is 3.88. The first-order valence-corrected chi connectivity index (χ1v) is 8.37. The quantitative estimate of drug-likeness (QED) is 0.672. The molecule has 3 N–H and O–H groups in total. The Bertz CT molecular complexity index is 781. The second kappa shape index (κ2) is 7.26. The topological polar surface area (TPSA) is 61.4 Å². The molecule has 2 aromatic carbocycles. The summed E-state index contributed by atoms with van der Waals surface area (Å²) >= 11 is 1.52. The van der Waals surface area contributed by atoms with Crippen LogP contribution in [0.2, 0.25) is 0 Å². The Morgan fingerprint density at radius 1 is 1.09 bits per heavy atom. The van der Waals surface area contributed by atoms with Crippen LogP contribution in [-0.2, 0) is 6.54 Å². The Morgan fingerprint density at radius 2 is 1.91 bits per heavy atom. The van der Waals surface area contributed by atoms with Crippen molar-refractivity contribution >= 4 is 28.1 Å². The zero-order valence-electron chi connectivity index (χ0n) is 12.5. The maximum absolute atomic E-state index is 11.9. The Hall–Kier alpha value is -2.37. The maximum atomic E-state index is 11.9. The smallest absolute Gasteiger partial charge is 0.315 e. The van der Waals surface area contributed by atoms with Gasteiger partial charge in [-0.3, -0.25) is 0 Å². The fourth-order valence-electron chi connectivity index (χ4n) is 2.46. The number of thiophene rings is 1. The molecule has 0 spiro atoms.